The van der Waals surface area contributed by atoms with E-state index in [1.165, 1.54) is 0 Å². The molecule has 0 aliphatic carbocycles. The van der Waals surface area contributed by atoms with Crippen LogP contribution in [0.5, 0.6) is 0 Å². The number of Topliss-reactive ketones (excluding diaryl/α,β-unsaturated/α-hetero) is 1. The maximum Gasteiger partial charge on any atom is 0.272 e. The summed E-state index contributed by atoms with van der Waals surface area (Å²) in [6, 6.07) is 26.9. The molecule has 1 unspecified atom stereocenters. The van der Waals surface area contributed by atoms with Crippen LogP contribution in [0.4, 0.5) is 11.5 Å². The average molecular weight is 706 g/mol. The first-order valence-corrected chi connectivity index (χ1v) is 17.8. The van der Waals surface area contributed by atoms with Crippen molar-refractivity contribution in [2.24, 2.45) is 5.92 Å². The largest absolute Gasteiger partial charge is 0.355 e. The number of imidazole rings is 1. The molecule has 3 aromatic carbocycles. The summed E-state index contributed by atoms with van der Waals surface area (Å²) >= 11 is 12.7. The molecule has 3 aromatic heterocycles. The summed E-state index contributed by atoms with van der Waals surface area (Å²) in [6.45, 7) is 5.53. The van der Waals surface area contributed by atoms with Crippen molar-refractivity contribution in [3.05, 3.63) is 119 Å². The number of hydrogen-bond donors (Lipinski definition) is 2. The molecule has 0 spiro atoms. The van der Waals surface area contributed by atoms with Crippen LogP contribution in [0.1, 0.15) is 61.6 Å². The van der Waals surface area contributed by atoms with E-state index in [4.69, 9.17) is 28.2 Å². The molecule has 6 aromatic rings. The van der Waals surface area contributed by atoms with Crippen molar-refractivity contribution < 1.29 is 9.59 Å². The highest BCUT2D eigenvalue weighted by molar-refractivity contribution is 6.31. The fraction of sp³-hybridized carbons (Fsp3) is 0.250. The number of halogens is 2. The molecule has 8 nitrogen and oxygen atoms in total. The van der Waals surface area contributed by atoms with E-state index < -0.39 is 0 Å². The molecular formula is C40H38Cl2N6O2. The number of H-pyrrole nitrogens is 1. The molecule has 0 bridgehead atoms. The maximum absolute atomic E-state index is 14.6. The Morgan fingerprint density at radius 2 is 1.68 bits per heavy atom. The number of rotatable bonds is 10. The molecule has 1 aliphatic rings. The van der Waals surface area contributed by atoms with Gasteiger partial charge in [-0.25, -0.2) is 9.97 Å². The van der Waals surface area contributed by atoms with Crippen molar-refractivity contribution in [3.8, 4) is 22.5 Å². The molecule has 50 heavy (non-hydrogen) atoms. The van der Waals surface area contributed by atoms with Crippen LogP contribution < -0.4 is 10.2 Å². The van der Waals surface area contributed by atoms with E-state index in [0.717, 1.165) is 52.7 Å². The molecule has 0 radical (unpaired) electrons. The average Bonchev–Trinajstić information content (AvgIpc) is 3.74. The number of amides is 1. The van der Waals surface area contributed by atoms with Gasteiger partial charge >= 0.3 is 0 Å². The molecule has 254 valence electrons. The summed E-state index contributed by atoms with van der Waals surface area (Å²) in [7, 11) is 0. The van der Waals surface area contributed by atoms with Gasteiger partial charge in [0.25, 0.3) is 5.91 Å². The van der Waals surface area contributed by atoms with E-state index in [9.17, 15) is 9.59 Å². The molecule has 1 fully saturated rings. The molecular weight excluding hydrogens is 667 g/mol. The van der Waals surface area contributed by atoms with Gasteiger partial charge in [-0.2, -0.15) is 0 Å². The monoisotopic (exact) mass is 704 g/mol. The molecule has 1 aliphatic heterocycles. The van der Waals surface area contributed by atoms with Gasteiger partial charge in [0.05, 0.1) is 29.4 Å². The summed E-state index contributed by atoms with van der Waals surface area (Å²) in [6.07, 6.45) is 6.60. The van der Waals surface area contributed by atoms with Gasteiger partial charge in [0, 0.05) is 63.7 Å². The summed E-state index contributed by atoms with van der Waals surface area (Å²) in [5.74, 6) is 0.787. The minimum atomic E-state index is -0.319. The van der Waals surface area contributed by atoms with E-state index >= 15 is 0 Å². The minimum absolute atomic E-state index is 0.0765. The van der Waals surface area contributed by atoms with Gasteiger partial charge in [-0.1, -0.05) is 78.7 Å². The molecule has 1 amide bonds. The standard InChI is InChI=1S/C40H38Cl2N6O2/c1-3-8-34(49)27-18-21-47(22-19-27)39-32(11-7-20-43-39)46-40(50)37-35(31-17-16-30(42)23-33(31)45-37)38-36(28-9-5-4-6-10-28)44-24-48(38)25(2)26-12-14-29(41)15-13-26/h4-7,9-17,20,23-25,27,45H,3,8,18-19,21-22H2,1-2H3,(H,46,50). The lowest BCUT2D eigenvalue weighted by Crippen LogP contribution is -2.37. The topological polar surface area (TPSA) is 95.9 Å². The van der Waals surface area contributed by atoms with E-state index in [2.05, 4.69) is 31.7 Å². The van der Waals surface area contributed by atoms with Crippen LogP contribution in [-0.2, 0) is 4.79 Å². The molecule has 2 N–H and O–H groups in total. The summed E-state index contributed by atoms with van der Waals surface area (Å²) in [5.41, 5.74) is 5.94. The number of piperidine rings is 1. The number of pyridine rings is 1. The Bertz CT molecular complexity index is 2150. The minimum Gasteiger partial charge on any atom is -0.355 e. The quantitative estimate of drug-likeness (QED) is 0.148. The lowest BCUT2D eigenvalue weighted by Gasteiger charge is -2.33. The van der Waals surface area contributed by atoms with Gasteiger partial charge in [0.15, 0.2) is 5.82 Å². The van der Waals surface area contributed by atoms with E-state index in [1.54, 1.807) is 6.20 Å². The Hall–Kier alpha value is -4.92. The van der Waals surface area contributed by atoms with Crippen molar-refractivity contribution in [3.63, 3.8) is 0 Å². The Labute approximate surface area is 301 Å². The van der Waals surface area contributed by atoms with Crippen molar-refractivity contribution in [2.75, 3.05) is 23.3 Å². The van der Waals surface area contributed by atoms with Crippen LogP contribution in [0, 0.1) is 5.92 Å². The predicted octanol–water partition coefficient (Wildman–Crippen LogP) is 9.85. The molecule has 4 heterocycles. The number of nitrogens with zero attached hydrogens (tertiary/aromatic N) is 4. The smallest absolute Gasteiger partial charge is 0.272 e. The number of ketones is 1. The zero-order valence-electron chi connectivity index (χ0n) is 28.0. The molecule has 1 saturated heterocycles. The fourth-order valence-electron chi connectivity index (χ4n) is 6.99. The Morgan fingerprint density at radius 1 is 0.940 bits per heavy atom. The first kappa shape index (κ1) is 33.6. The van der Waals surface area contributed by atoms with Gasteiger partial charge in [-0.15, -0.1) is 0 Å². The number of hydrogen-bond acceptors (Lipinski definition) is 5. The first-order chi connectivity index (χ1) is 24.3. The summed E-state index contributed by atoms with van der Waals surface area (Å²) < 4.78 is 2.11. The van der Waals surface area contributed by atoms with E-state index in [1.807, 2.05) is 98.2 Å². The van der Waals surface area contributed by atoms with Crippen molar-refractivity contribution in [1.29, 1.82) is 0 Å². The number of aromatic nitrogens is 4. The normalized spacial score (nSPS) is 14.2. The van der Waals surface area contributed by atoms with Crippen molar-refractivity contribution in [1.82, 2.24) is 19.5 Å². The van der Waals surface area contributed by atoms with Gasteiger partial charge in [-0.3, -0.25) is 9.59 Å². The number of fused-ring (bicyclic) bond motifs is 1. The molecule has 10 heteroatoms. The number of carbonyl (C=O) groups excluding carboxylic acids is 2. The number of anilines is 2. The van der Waals surface area contributed by atoms with Crippen molar-refractivity contribution >= 4 is 57.3 Å². The van der Waals surface area contributed by atoms with E-state index in [0.29, 0.717) is 58.1 Å². The van der Waals surface area contributed by atoms with Crippen LogP contribution in [0.25, 0.3) is 33.4 Å². The lowest BCUT2D eigenvalue weighted by atomic mass is 9.90. The summed E-state index contributed by atoms with van der Waals surface area (Å²) in [5, 5.41) is 5.24. The Kier molecular flexibility index (Phi) is 9.74. The van der Waals surface area contributed by atoms with Crippen LogP contribution >= 0.6 is 23.2 Å². The van der Waals surface area contributed by atoms with Crippen LogP contribution in [0.2, 0.25) is 10.0 Å². The SMILES string of the molecule is CCCC(=O)C1CCN(c2ncccc2NC(=O)c2[nH]c3cc(Cl)ccc3c2-c2c(-c3ccccc3)ncn2C(C)c2ccc(Cl)cc2)CC1. The van der Waals surface area contributed by atoms with Gasteiger partial charge in [-0.05, 0) is 68.1 Å². The van der Waals surface area contributed by atoms with Gasteiger partial charge in [0.1, 0.15) is 11.5 Å². The fourth-order valence-corrected chi connectivity index (χ4v) is 7.29. The number of carbonyl (C=O) groups is 2. The van der Waals surface area contributed by atoms with Crippen LogP contribution in [0.3, 0.4) is 0 Å². The highest BCUT2D eigenvalue weighted by atomic mass is 35.5. The van der Waals surface area contributed by atoms with E-state index in [-0.39, 0.29) is 17.9 Å². The zero-order valence-corrected chi connectivity index (χ0v) is 29.5. The molecule has 0 saturated carbocycles. The first-order valence-electron chi connectivity index (χ1n) is 17.1. The Balaban J connectivity index is 1.31. The highest BCUT2D eigenvalue weighted by Crippen LogP contribution is 2.42. The second-order valence-electron chi connectivity index (χ2n) is 12.8. The number of aromatic amines is 1. The zero-order chi connectivity index (χ0) is 34.8. The van der Waals surface area contributed by atoms with Crippen LogP contribution in [-0.4, -0.2) is 44.3 Å². The highest BCUT2D eigenvalue weighted by Gasteiger charge is 2.30. The van der Waals surface area contributed by atoms with Crippen molar-refractivity contribution in [2.45, 2.75) is 45.6 Å². The molecule has 7 rings (SSSR count). The Morgan fingerprint density at radius 3 is 2.42 bits per heavy atom. The maximum atomic E-state index is 14.6. The predicted molar refractivity (Wildman–Crippen MR) is 202 cm³/mol. The second-order valence-corrected chi connectivity index (χ2v) is 13.7. The third-order valence-corrected chi connectivity index (χ3v) is 10.1. The number of nitrogens with one attached hydrogen (secondary N) is 2. The summed E-state index contributed by atoms with van der Waals surface area (Å²) in [4.78, 5) is 42.4. The third kappa shape index (κ3) is 6.65. The lowest BCUT2D eigenvalue weighted by molar-refractivity contribution is -0.123. The third-order valence-electron chi connectivity index (χ3n) is 9.62. The molecule has 1 atom stereocenters. The van der Waals surface area contributed by atoms with Gasteiger partial charge in [0.2, 0.25) is 0 Å². The van der Waals surface area contributed by atoms with Crippen LogP contribution in [0.15, 0.2) is 97.5 Å². The van der Waals surface area contributed by atoms with Gasteiger partial charge < -0.3 is 19.8 Å². The second kappa shape index (κ2) is 14.5. The number of benzene rings is 3.